The summed E-state index contributed by atoms with van der Waals surface area (Å²) in [7, 11) is 0. The standard InChI is InChI=1S/C19H30N2OS/c1-23-19-6-2-4-17(12-19)13-20-9-3-5-18(14-20)21-10-7-16(15-22)8-11-21/h2,4,6,12,16,18,22H,3,5,7-11,13-15H2,1H3. The molecule has 1 aromatic carbocycles. The third-order valence-electron chi connectivity index (χ3n) is 5.44. The predicted molar refractivity (Wildman–Crippen MR) is 97.9 cm³/mol. The van der Waals surface area contributed by atoms with Gasteiger partial charge < -0.3 is 5.11 Å². The molecule has 0 amide bonds. The zero-order valence-electron chi connectivity index (χ0n) is 14.3. The van der Waals surface area contributed by atoms with Gasteiger partial charge in [-0.25, -0.2) is 0 Å². The minimum Gasteiger partial charge on any atom is -0.396 e. The van der Waals surface area contributed by atoms with E-state index >= 15 is 0 Å². The van der Waals surface area contributed by atoms with Crippen LogP contribution in [0.5, 0.6) is 0 Å². The summed E-state index contributed by atoms with van der Waals surface area (Å²) < 4.78 is 0. The molecule has 4 heteroatoms. The molecule has 3 nitrogen and oxygen atoms in total. The van der Waals surface area contributed by atoms with Crippen LogP contribution in [0.15, 0.2) is 29.2 Å². The average molecular weight is 335 g/mol. The number of aliphatic hydroxyl groups is 1. The molecule has 1 unspecified atom stereocenters. The molecule has 0 aromatic heterocycles. The molecule has 0 saturated carbocycles. The Labute approximate surface area is 145 Å². The smallest absolute Gasteiger partial charge is 0.0460 e. The molecule has 1 atom stereocenters. The van der Waals surface area contributed by atoms with Gasteiger partial charge in [0.05, 0.1) is 0 Å². The van der Waals surface area contributed by atoms with Crippen molar-refractivity contribution in [2.75, 3.05) is 39.0 Å². The molecule has 2 aliphatic rings. The summed E-state index contributed by atoms with van der Waals surface area (Å²) >= 11 is 1.82. The lowest BCUT2D eigenvalue weighted by molar-refractivity contribution is 0.0544. The Balaban J connectivity index is 1.53. The van der Waals surface area contributed by atoms with E-state index in [-0.39, 0.29) is 0 Å². The Morgan fingerprint density at radius 1 is 1.17 bits per heavy atom. The molecule has 0 aliphatic carbocycles. The molecule has 0 radical (unpaired) electrons. The van der Waals surface area contributed by atoms with Gasteiger partial charge in [0.25, 0.3) is 0 Å². The van der Waals surface area contributed by atoms with E-state index in [1.807, 2.05) is 11.8 Å². The van der Waals surface area contributed by atoms with Gasteiger partial charge in [0.1, 0.15) is 0 Å². The first-order chi connectivity index (χ1) is 11.3. The maximum absolute atomic E-state index is 9.31. The minimum absolute atomic E-state index is 0.371. The zero-order valence-corrected chi connectivity index (χ0v) is 15.1. The average Bonchev–Trinajstić information content (AvgIpc) is 2.62. The molecule has 128 valence electrons. The third-order valence-corrected chi connectivity index (χ3v) is 6.17. The van der Waals surface area contributed by atoms with Crippen molar-refractivity contribution in [3.8, 4) is 0 Å². The van der Waals surface area contributed by atoms with Gasteiger partial charge in [-0.15, -0.1) is 11.8 Å². The Kier molecular flexibility index (Phi) is 6.40. The van der Waals surface area contributed by atoms with E-state index in [4.69, 9.17) is 0 Å². The van der Waals surface area contributed by atoms with Crippen molar-refractivity contribution in [2.24, 2.45) is 5.92 Å². The lowest BCUT2D eigenvalue weighted by Crippen LogP contribution is -2.50. The van der Waals surface area contributed by atoms with Crippen LogP contribution in [0.4, 0.5) is 0 Å². The third kappa shape index (κ3) is 4.72. The molecule has 0 spiro atoms. The van der Waals surface area contributed by atoms with E-state index in [0.717, 1.165) is 6.54 Å². The van der Waals surface area contributed by atoms with Gasteiger partial charge in [0.2, 0.25) is 0 Å². The summed E-state index contributed by atoms with van der Waals surface area (Å²) in [5.41, 5.74) is 1.44. The Morgan fingerprint density at radius 3 is 2.74 bits per heavy atom. The van der Waals surface area contributed by atoms with Crippen molar-refractivity contribution in [1.82, 2.24) is 9.80 Å². The molecule has 23 heavy (non-hydrogen) atoms. The number of thioether (sulfide) groups is 1. The highest BCUT2D eigenvalue weighted by atomic mass is 32.2. The fourth-order valence-corrected chi connectivity index (χ4v) is 4.49. The predicted octanol–water partition coefficient (Wildman–Crippen LogP) is 3.08. The van der Waals surface area contributed by atoms with E-state index in [1.54, 1.807) is 0 Å². The zero-order chi connectivity index (χ0) is 16.1. The topological polar surface area (TPSA) is 26.7 Å². The van der Waals surface area contributed by atoms with Crippen molar-refractivity contribution in [3.05, 3.63) is 29.8 Å². The molecule has 3 rings (SSSR count). The molecule has 2 fully saturated rings. The van der Waals surface area contributed by atoms with Crippen molar-refractivity contribution < 1.29 is 5.11 Å². The van der Waals surface area contributed by atoms with Gasteiger partial charge >= 0.3 is 0 Å². The van der Waals surface area contributed by atoms with E-state index in [2.05, 4.69) is 40.3 Å². The van der Waals surface area contributed by atoms with Crippen LogP contribution < -0.4 is 0 Å². The molecule has 2 saturated heterocycles. The number of likely N-dealkylation sites (tertiary alicyclic amines) is 2. The van der Waals surface area contributed by atoms with Gasteiger partial charge in [-0.05, 0) is 75.2 Å². The summed E-state index contributed by atoms with van der Waals surface area (Å²) in [5, 5.41) is 9.31. The number of rotatable bonds is 5. The monoisotopic (exact) mass is 334 g/mol. The number of piperidine rings is 2. The highest BCUT2D eigenvalue weighted by molar-refractivity contribution is 7.98. The fourth-order valence-electron chi connectivity index (χ4n) is 4.00. The maximum Gasteiger partial charge on any atom is 0.0460 e. The van der Waals surface area contributed by atoms with Gasteiger partial charge in [-0.3, -0.25) is 9.80 Å². The van der Waals surface area contributed by atoms with Crippen molar-refractivity contribution >= 4 is 11.8 Å². The van der Waals surface area contributed by atoms with Gasteiger partial charge in [0.15, 0.2) is 0 Å². The summed E-state index contributed by atoms with van der Waals surface area (Å²) in [6, 6.07) is 9.69. The lowest BCUT2D eigenvalue weighted by Gasteiger charge is -2.42. The Hall–Kier alpha value is -0.550. The maximum atomic E-state index is 9.31. The summed E-state index contributed by atoms with van der Waals surface area (Å²) in [6.45, 7) is 6.23. The molecule has 1 N–H and O–H groups in total. The quantitative estimate of drug-likeness (QED) is 0.837. The summed E-state index contributed by atoms with van der Waals surface area (Å²) in [4.78, 5) is 6.67. The number of benzene rings is 1. The summed E-state index contributed by atoms with van der Waals surface area (Å²) in [6.07, 6.45) is 7.13. The highest BCUT2D eigenvalue weighted by Gasteiger charge is 2.28. The second kappa shape index (κ2) is 8.52. The van der Waals surface area contributed by atoms with Crippen LogP contribution in [0.3, 0.4) is 0 Å². The van der Waals surface area contributed by atoms with E-state index in [0.29, 0.717) is 18.6 Å². The number of aliphatic hydroxyl groups excluding tert-OH is 1. The Bertz CT molecular complexity index is 488. The SMILES string of the molecule is CSc1cccc(CN2CCCC(N3CCC(CO)CC3)C2)c1. The van der Waals surface area contributed by atoms with E-state index in [1.165, 1.54) is 62.3 Å². The van der Waals surface area contributed by atoms with Crippen LogP contribution in [0.2, 0.25) is 0 Å². The summed E-state index contributed by atoms with van der Waals surface area (Å²) in [5.74, 6) is 0.542. The van der Waals surface area contributed by atoms with Crippen LogP contribution in [-0.4, -0.2) is 60.0 Å². The Morgan fingerprint density at radius 2 is 2.00 bits per heavy atom. The van der Waals surface area contributed by atoms with Gasteiger partial charge in [-0.2, -0.15) is 0 Å². The van der Waals surface area contributed by atoms with E-state index < -0.39 is 0 Å². The number of hydrogen-bond acceptors (Lipinski definition) is 4. The normalized spacial score (nSPS) is 24.9. The first kappa shape index (κ1) is 17.3. The van der Waals surface area contributed by atoms with Crippen molar-refractivity contribution in [2.45, 2.75) is 43.2 Å². The van der Waals surface area contributed by atoms with Crippen molar-refractivity contribution in [3.63, 3.8) is 0 Å². The van der Waals surface area contributed by atoms with Crippen LogP contribution in [-0.2, 0) is 6.54 Å². The van der Waals surface area contributed by atoms with E-state index in [9.17, 15) is 5.11 Å². The van der Waals surface area contributed by atoms with Crippen LogP contribution in [0.1, 0.15) is 31.2 Å². The second-order valence-electron chi connectivity index (χ2n) is 7.04. The molecule has 2 aliphatic heterocycles. The molecular weight excluding hydrogens is 304 g/mol. The van der Waals surface area contributed by atoms with Crippen LogP contribution >= 0.6 is 11.8 Å². The van der Waals surface area contributed by atoms with Crippen LogP contribution in [0, 0.1) is 5.92 Å². The molecule has 1 aromatic rings. The largest absolute Gasteiger partial charge is 0.396 e. The highest BCUT2D eigenvalue weighted by Crippen LogP contribution is 2.24. The fraction of sp³-hybridized carbons (Fsp3) is 0.684. The van der Waals surface area contributed by atoms with Crippen molar-refractivity contribution in [1.29, 1.82) is 0 Å². The molecule has 0 bridgehead atoms. The van der Waals surface area contributed by atoms with Crippen LogP contribution in [0.25, 0.3) is 0 Å². The first-order valence-corrected chi connectivity index (χ1v) is 10.2. The first-order valence-electron chi connectivity index (χ1n) is 8.98. The second-order valence-corrected chi connectivity index (χ2v) is 7.92. The number of hydrogen-bond donors (Lipinski definition) is 1. The van der Waals surface area contributed by atoms with Gasteiger partial charge in [-0.1, -0.05) is 12.1 Å². The molecule has 2 heterocycles. The lowest BCUT2D eigenvalue weighted by atomic mass is 9.94. The van der Waals surface area contributed by atoms with Gasteiger partial charge in [0, 0.05) is 30.6 Å². The number of nitrogens with zero attached hydrogens (tertiary/aromatic N) is 2. The molecular formula is C19H30N2OS. The minimum atomic E-state index is 0.371.